The third kappa shape index (κ3) is 4.53. The van der Waals surface area contributed by atoms with E-state index in [0.717, 1.165) is 68.6 Å². The maximum absolute atomic E-state index is 14.7. The number of unbranched alkanes of at least 4 members (excludes halogenated alkanes) is 2. The SMILES string of the molecule is CCCCCc1ccc(C2CCC(c3cc(F)c4c(F)c(F)c(F)cc4c3)CC2)c(F)c1. The number of hydrogen-bond acceptors (Lipinski definition) is 0. The Balaban J connectivity index is 1.48. The van der Waals surface area contributed by atoms with Crippen LogP contribution in [-0.4, -0.2) is 0 Å². The molecule has 0 bridgehead atoms. The van der Waals surface area contributed by atoms with Gasteiger partial charge in [-0.15, -0.1) is 0 Å². The molecule has 1 saturated carbocycles. The Morgan fingerprint density at radius 3 is 2.12 bits per heavy atom. The Bertz CT molecular complexity index is 1110. The minimum atomic E-state index is -1.66. The summed E-state index contributed by atoms with van der Waals surface area (Å²) >= 11 is 0. The number of benzene rings is 3. The van der Waals surface area contributed by atoms with Crippen LogP contribution in [0.4, 0.5) is 22.0 Å². The largest absolute Gasteiger partial charge is 0.207 e. The molecule has 3 aromatic rings. The lowest BCUT2D eigenvalue weighted by molar-refractivity contribution is 0.387. The summed E-state index contributed by atoms with van der Waals surface area (Å²) in [7, 11) is 0. The molecule has 0 unspecified atom stereocenters. The van der Waals surface area contributed by atoms with Crippen LogP contribution >= 0.6 is 0 Å². The fourth-order valence-corrected chi connectivity index (χ4v) is 5.02. The van der Waals surface area contributed by atoms with Gasteiger partial charge in [-0.25, -0.2) is 22.0 Å². The highest BCUT2D eigenvalue weighted by Gasteiger charge is 2.27. The van der Waals surface area contributed by atoms with Gasteiger partial charge in [0.2, 0.25) is 0 Å². The molecule has 5 heteroatoms. The first-order valence-electron chi connectivity index (χ1n) is 11.4. The Kier molecular flexibility index (Phi) is 6.82. The monoisotopic (exact) mass is 446 g/mol. The van der Waals surface area contributed by atoms with Crippen molar-refractivity contribution in [3.63, 3.8) is 0 Å². The quantitative estimate of drug-likeness (QED) is 0.202. The Morgan fingerprint density at radius 2 is 1.44 bits per heavy atom. The predicted octanol–water partition coefficient (Wildman–Crippen LogP) is 8.71. The van der Waals surface area contributed by atoms with E-state index in [1.54, 1.807) is 12.1 Å². The maximum Gasteiger partial charge on any atom is 0.195 e. The van der Waals surface area contributed by atoms with Crippen molar-refractivity contribution in [2.24, 2.45) is 0 Å². The molecule has 0 aliphatic heterocycles. The summed E-state index contributed by atoms with van der Waals surface area (Å²) in [6.07, 6.45) is 7.16. The van der Waals surface area contributed by atoms with Gasteiger partial charge in [0.25, 0.3) is 0 Å². The van der Waals surface area contributed by atoms with Gasteiger partial charge in [0.15, 0.2) is 17.5 Å². The normalized spacial score (nSPS) is 18.9. The van der Waals surface area contributed by atoms with Crippen molar-refractivity contribution >= 4 is 10.8 Å². The molecule has 170 valence electrons. The van der Waals surface area contributed by atoms with Gasteiger partial charge >= 0.3 is 0 Å². The van der Waals surface area contributed by atoms with Crippen LogP contribution in [0.1, 0.15) is 80.4 Å². The smallest absolute Gasteiger partial charge is 0.195 e. The highest BCUT2D eigenvalue weighted by molar-refractivity contribution is 5.84. The summed E-state index contributed by atoms with van der Waals surface area (Å²) in [5.41, 5.74) is 2.40. The van der Waals surface area contributed by atoms with E-state index >= 15 is 0 Å². The molecule has 0 saturated heterocycles. The summed E-state index contributed by atoms with van der Waals surface area (Å²) in [5, 5.41) is -0.509. The highest BCUT2D eigenvalue weighted by Crippen LogP contribution is 2.42. The molecule has 0 nitrogen and oxygen atoms in total. The van der Waals surface area contributed by atoms with E-state index in [2.05, 4.69) is 6.92 Å². The number of aryl methyl sites for hydroxylation is 1. The van der Waals surface area contributed by atoms with E-state index in [0.29, 0.717) is 5.56 Å². The molecule has 0 heterocycles. The van der Waals surface area contributed by atoms with Gasteiger partial charge < -0.3 is 0 Å². The molecule has 0 N–H and O–H groups in total. The zero-order valence-corrected chi connectivity index (χ0v) is 18.2. The lowest BCUT2D eigenvalue weighted by Crippen LogP contribution is -2.14. The standard InChI is InChI=1S/C27H27F5/c1-2-3-4-5-16-6-11-21(22(28)12-16)18-9-7-17(8-10-18)19-13-20-15-24(30)26(31)27(32)25(20)23(29)14-19/h6,11-15,17-18H,2-5,7-10H2,1H3. The van der Waals surface area contributed by atoms with Crippen LogP contribution in [0.2, 0.25) is 0 Å². The fraction of sp³-hybridized carbons (Fsp3) is 0.407. The van der Waals surface area contributed by atoms with Crippen LogP contribution in [0.5, 0.6) is 0 Å². The second-order valence-corrected chi connectivity index (χ2v) is 8.95. The molecule has 0 radical (unpaired) electrons. The molecule has 0 spiro atoms. The molecule has 3 aromatic carbocycles. The molecule has 32 heavy (non-hydrogen) atoms. The lowest BCUT2D eigenvalue weighted by Gasteiger charge is -2.29. The Morgan fingerprint density at radius 1 is 0.719 bits per heavy atom. The second-order valence-electron chi connectivity index (χ2n) is 8.95. The van der Waals surface area contributed by atoms with Gasteiger partial charge in [-0.3, -0.25) is 0 Å². The van der Waals surface area contributed by atoms with Crippen molar-refractivity contribution in [1.29, 1.82) is 0 Å². The van der Waals surface area contributed by atoms with E-state index in [1.807, 2.05) is 12.1 Å². The Hall–Kier alpha value is -2.43. The van der Waals surface area contributed by atoms with Crippen LogP contribution in [-0.2, 0) is 6.42 Å². The van der Waals surface area contributed by atoms with Gasteiger partial charge in [-0.05, 0) is 90.6 Å². The van der Waals surface area contributed by atoms with Crippen LogP contribution in [0, 0.1) is 29.1 Å². The number of rotatable bonds is 6. The van der Waals surface area contributed by atoms with Crippen LogP contribution < -0.4 is 0 Å². The first kappa shape index (κ1) is 22.8. The van der Waals surface area contributed by atoms with Gasteiger partial charge in [0.1, 0.15) is 11.6 Å². The predicted molar refractivity (Wildman–Crippen MR) is 117 cm³/mol. The molecule has 0 atom stereocenters. The second kappa shape index (κ2) is 9.60. The van der Waals surface area contributed by atoms with Crippen molar-refractivity contribution < 1.29 is 22.0 Å². The van der Waals surface area contributed by atoms with Crippen molar-refractivity contribution in [1.82, 2.24) is 0 Å². The average Bonchev–Trinajstić information content (AvgIpc) is 2.77. The zero-order chi connectivity index (χ0) is 22.8. The zero-order valence-electron chi connectivity index (χ0n) is 18.2. The van der Waals surface area contributed by atoms with E-state index in [4.69, 9.17) is 0 Å². The molecule has 0 aromatic heterocycles. The van der Waals surface area contributed by atoms with E-state index in [1.165, 1.54) is 6.07 Å². The lowest BCUT2D eigenvalue weighted by atomic mass is 9.75. The topological polar surface area (TPSA) is 0 Å². The highest BCUT2D eigenvalue weighted by atomic mass is 19.2. The summed E-state index contributed by atoms with van der Waals surface area (Å²) in [5.74, 6) is -5.43. The van der Waals surface area contributed by atoms with Crippen molar-refractivity contribution in [3.05, 3.63) is 82.2 Å². The summed E-state index contributed by atoms with van der Waals surface area (Å²) in [4.78, 5) is 0. The summed E-state index contributed by atoms with van der Waals surface area (Å²) in [6.45, 7) is 2.14. The maximum atomic E-state index is 14.7. The van der Waals surface area contributed by atoms with E-state index in [9.17, 15) is 22.0 Å². The third-order valence-corrected chi connectivity index (χ3v) is 6.82. The minimum Gasteiger partial charge on any atom is -0.207 e. The van der Waals surface area contributed by atoms with E-state index in [-0.39, 0.29) is 23.0 Å². The number of hydrogen-bond donors (Lipinski definition) is 0. The fourth-order valence-electron chi connectivity index (χ4n) is 5.02. The average molecular weight is 447 g/mol. The first-order valence-corrected chi connectivity index (χ1v) is 11.4. The van der Waals surface area contributed by atoms with Crippen LogP contribution in [0.3, 0.4) is 0 Å². The third-order valence-electron chi connectivity index (χ3n) is 6.82. The molecular weight excluding hydrogens is 419 g/mol. The van der Waals surface area contributed by atoms with Crippen molar-refractivity contribution in [2.45, 2.75) is 70.1 Å². The molecule has 1 fully saturated rings. The number of fused-ring (bicyclic) bond motifs is 1. The van der Waals surface area contributed by atoms with Crippen LogP contribution in [0.15, 0.2) is 36.4 Å². The van der Waals surface area contributed by atoms with Gasteiger partial charge in [-0.1, -0.05) is 38.0 Å². The molecule has 4 rings (SSSR count). The van der Waals surface area contributed by atoms with Gasteiger partial charge in [0.05, 0.1) is 5.39 Å². The van der Waals surface area contributed by atoms with Crippen LogP contribution in [0.25, 0.3) is 10.8 Å². The minimum absolute atomic E-state index is 0.0118. The Labute approximate surface area is 185 Å². The van der Waals surface area contributed by atoms with Gasteiger partial charge in [0, 0.05) is 0 Å². The number of halogens is 5. The molecule has 0 amide bonds. The van der Waals surface area contributed by atoms with Crippen molar-refractivity contribution in [3.8, 4) is 0 Å². The molecule has 1 aliphatic carbocycles. The van der Waals surface area contributed by atoms with Crippen molar-refractivity contribution in [2.75, 3.05) is 0 Å². The van der Waals surface area contributed by atoms with E-state index < -0.39 is 28.7 Å². The van der Waals surface area contributed by atoms with Gasteiger partial charge in [-0.2, -0.15) is 0 Å². The summed E-state index contributed by atoms with van der Waals surface area (Å²) < 4.78 is 70.4. The molecular formula is C27H27F5. The summed E-state index contributed by atoms with van der Waals surface area (Å²) in [6, 6.07) is 9.17. The molecule has 1 aliphatic rings. The first-order chi connectivity index (χ1) is 15.4.